The van der Waals surface area contributed by atoms with Gasteiger partial charge in [-0.05, 0) is 18.8 Å². The predicted octanol–water partition coefficient (Wildman–Crippen LogP) is 2.63. The molecule has 0 aromatic carbocycles. The third kappa shape index (κ3) is 1.87. The minimum Gasteiger partial charge on any atom is -0.478 e. The number of hydrogen-bond donors (Lipinski definition) is 0. The summed E-state index contributed by atoms with van der Waals surface area (Å²) < 4.78 is 5.66. The van der Waals surface area contributed by atoms with Gasteiger partial charge in [-0.15, -0.1) is 0 Å². The van der Waals surface area contributed by atoms with E-state index in [0.717, 1.165) is 12.5 Å². The van der Waals surface area contributed by atoms with Gasteiger partial charge in [-0.25, -0.2) is 4.99 Å². The van der Waals surface area contributed by atoms with E-state index >= 15 is 0 Å². The van der Waals surface area contributed by atoms with Gasteiger partial charge < -0.3 is 4.74 Å². The zero-order valence-corrected chi connectivity index (χ0v) is 8.62. The minimum absolute atomic E-state index is 0.426. The monoisotopic (exact) mass is 181 g/mol. The van der Waals surface area contributed by atoms with Crippen LogP contribution in [0.2, 0.25) is 0 Å². The van der Waals surface area contributed by atoms with Gasteiger partial charge >= 0.3 is 0 Å². The van der Waals surface area contributed by atoms with Crippen molar-refractivity contribution < 1.29 is 4.74 Å². The van der Waals surface area contributed by atoms with Crippen molar-refractivity contribution in [1.82, 2.24) is 0 Å². The summed E-state index contributed by atoms with van der Waals surface area (Å²) in [6, 6.07) is 0.426. The Balaban J connectivity index is 1.97. The first-order valence-electron chi connectivity index (χ1n) is 5.48. The third-order valence-electron chi connectivity index (χ3n) is 3.17. The molecule has 74 valence electrons. The second kappa shape index (κ2) is 3.69. The number of nitrogens with zero attached hydrogens (tertiary/aromatic N) is 1. The first kappa shape index (κ1) is 9.04. The van der Waals surface area contributed by atoms with E-state index in [9.17, 15) is 0 Å². The van der Waals surface area contributed by atoms with E-state index in [1.807, 2.05) is 0 Å². The highest BCUT2D eigenvalue weighted by molar-refractivity contribution is 5.80. The van der Waals surface area contributed by atoms with Crippen molar-refractivity contribution in [2.24, 2.45) is 16.8 Å². The van der Waals surface area contributed by atoms with Gasteiger partial charge in [0.1, 0.15) is 6.61 Å². The lowest BCUT2D eigenvalue weighted by atomic mass is 10.1. The van der Waals surface area contributed by atoms with Gasteiger partial charge in [0, 0.05) is 5.92 Å². The Morgan fingerprint density at radius 2 is 2.00 bits per heavy atom. The van der Waals surface area contributed by atoms with Crippen LogP contribution in [0.5, 0.6) is 0 Å². The van der Waals surface area contributed by atoms with E-state index in [2.05, 4.69) is 18.8 Å². The van der Waals surface area contributed by atoms with E-state index < -0.39 is 0 Å². The zero-order chi connectivity index (χ0) is 9.26. The van der Waals surface area contributed by atoms with Gasteiger partial charge in [0.25, 0.3) is 0 Å². The van der Waals surface area contributed by atoms with Crippen LogP contribution in [0.25, 0.3) is 0 Å². The molecule has 0 aromatic rings. The number of rotatable bonds is 2. The maximum absolute atomic E-state index is 5.66. The highest BCUT2D eigenvalue weighted by atomic mass is 16.5. The van der Waals surface area contributed by atoms with Crippen LogP contribution in [0.1, 0.15) is 39.5 Å². The first-order valence-corrected chi connectivity index (χ1v) is 5.48. The summed E-state index contributed by atoms with van der Waals surface area (Å²) >= 11 is 0. The van der Waals surface area contributed by atoms with Crippen LogP contribution in [0, 0.1) is 11.8 Å². The fourth-order valence-corrected chi connectivity index (χ4v) is 2.15. The standard InChI is InChI=1S/C11H19NO/c1-8(2)10-7-13-11(12-10)9-5-3-4-6-9/h8-10H,3-7H2,1-2H3/t10-/m1/s1. The molecular weight excluding hydrogens is 162 g/mol. The lowest BCUT2D eigenvalue weighted by Crippen LogP contribution is -2.13. The molecule has 1 fully saturated rings. The van der Waals surface area contributed by atoms with Crippen molar-refractivity contribution in [2.45, 2.75) is 45.6 Å². The van der Waals surface area contributed by atoms with Gasteiger partial charge in [-0.3, -0.25) is 0 Å². The normalized spacial score (nSPS) is 29.5. The van der Waals surface area contributed by atoms with Crippen molar-refractivity contribution in [3.05, 3.63) is 0 Å². The molecule has 1 saturated carbocycles. The molecule has 1 atom stereocenters. The molecule has 0 spiro atoms. The summed E-state index contributed by atoms with van der Waals surface area (Å²) in [6.45, 7) is 5.26. The molecule has 2 nitrogen and oxygen atoms in total. The summed E-state index contributed by atoms with van der Waals surface area (Å²) in [5.41, 5.74) is 0. The van der Waals surface area contributed by atoms with Crippen LogP contribution < -0.4 is 0 Å². The SMILES string of the molecule is CC(C)[C@H]1COC(C2CCCC2)=N1. The lowest BCUT2D eigenvalue weighted by Gasteiger charge is -2.07. The second-order valence-corrected chi connectivity index (χ2v) is 4.57. The number of hydrogen-bond acceptors (Lipinski definition) is 2. The van der Waals surface area contributed by atoms with E-state index in [1.165, 1.54) is 25.7 Å². The fourth-order valence-electron chi connectivity index (χ4n) is 2.15. The maximum Gasteiger partial charge on any atom is 0.186 e. The van der Waals surface area contributed by atoms with Crippen molar-refractivity contribution in [3.63, 3.8) is 0 Å². The van der Waals surface area contributed by atoms with Crippen LogP contribution in [-0.4, -0.2) is 18.5 Å². The van der Waals surface area contributed by atoms with Gasteiger partial charge in [-0.1, -0.05) is 26.7 Å². The summed E-state index contributed by atoms with van der Waals surface area (Å²) in [6.07, 6.45) is 5.31. The third-order valence-corrected chi connectivity index (χ3v) is 3.17. The van der Waals surface area contributed by atoms with Crippen molar-refractivity contribution >= 4 is 5.90 Å². The second-order valence-electron chi connectivity index (χ2n) is 4.57. The molecule has 0 aromatic heterocycles. The van der Waals surface area contributed by atoms with Crippen LogP contribution in [-0.2, 0) is 4.74 Å². The van der Waals surface area contributed by atoms with Crippen molar-refractivity contribution in [2.75, 3.05) is 6.61 Å². The summed E-state index contributed by atoms with van der Waals surface area (Å²) in [7, 11) is 0. The summed E-state index contributed by atoms with van der Waals surface area (Å²) in [5.74, 6) is 2.35. The highest BCUT2D eigenvalue weighted by Crippen LogP contribution is 2.29. The molecule has 0 unspecified atom stereocenters. The molecule has 13 heavy (non-hydrogen) atoms. The Hall–Kier alpha value is -0.530. The number of aliphatic imine (C=N–C) groups is 1. The Bertz CT molecular complexity index is 204. The van der Waals surface area contributed by atoms with E-state index in [4.69, 9.17) is 4.74 Å². The highest BCUT2D eigenvalue weighted by Gasteiger charge is 2.29. The van der Waals surface area contributed by atoms with Crippen LogP contribution in [0.3, 0.4) is 0 Å². The van der Waals surface area contributed by atoms with Crippen molar-refractivity contribution in [3.8, 4) is 0 Å². The summed E-state index contributed by atoms with van der Waals surface area (Å²) in [4.78, 5) is 4.66. The molecule has 0 saturated heterocycles. The van der Waals surface area contributed by atoms with Gasteiger partial charge in [0.2, 0.25) is 0 Å². The fraction of sp³-hybridized carbons (Fsp3) is 0.909. The van der Waals surface area contributed by atoms with E-state index in [1.54, 1.807) is 0 Å². The summed E-state index contributed by atoms with van der Waals surface area (Å²) in [5, 5.41) is 0. The van der Waals surface area contributed by atoms with Crippen LogP contribution in [0.4, 0.5) is 0 Å². The molecule has 1 aliphatic carbocycles. The average molecular weight is 181 g/mol. The van der Waals surface area contributed by atoms with Gasteiger partial charge in [-0.2, -0.15) is 0 Å². The van der Waals surface area contributed by atoms with Crippen LogP contribution in [0.15, 0.2) is 4.99 Å². The predicted molar refractivity (Wildman–Crippen MR) is 54.0 cm³/mol. The maximum atomic E-state index is 5.66. The molecule has 1 aliphatic heterocycles. The molecule has 0 N–H and O–H groups in total. The molecule has 0 bridgehead atoms. The molecule has 2 aliphatic rings. The minimum atomic E-state index is 0.426. The largest absolute Gasteiger partial charge is 0.478 e. The Morgan fingerprint density at radius 1 is 1.31 bits per heavy atom. The van der Waals surface area contributed by atoms with Crippen molar-refractivity contribution in [1.29, 1.82) is 0 Å². The molecule has 1 heterocycles. The smallest absolute Gasteiger partial charge is 0.186 e. The Morgan fingerprint density at radius 3 is 2.54 bits per heavy atom. The number of ether oxygens (including phenoxy) is 1. The Kier molecular flexibility index (Phi) is 2.56. The lowest BCUT2D eigenvalue weighted by molar-refractivity contribution is 0.276. The van der Waals surface area contributed by atoms with Gasteiger partial charge in [0.15, 0.2) is 5.90 Å². The Labute approximate surface area is 80.4 Å². The van der Waals surface area contributed by atoms with E-state index in [-0.39, 0.29) is 0 Å². The first-order chi connectivity index (χ1) is 6.27. The molecule has 0 amide bonds. The molecule has 2 heteroatoms. The van der Waals surface area contributed by atoms with Gasteiger partial charge in [0.05, 0.1) is 6.04 Å². The molecular formula is C11H19NO. The van der Waals surface area contributed by atoms with E-state index in [0.29, 0.717) is 17.9 Å². The average Bonchev–Trinajstić information content (AvgIpc) is 2.75. The zero-order valence-electron chi connectivity index (χ0n) is 8.62. The topological polar surface area (TPSA) is 21.6 Å². The molecule has 0 radical (unpaired) electrons. The van der Waals surface area contributed by atoms with Crippen LogP contribution >= 0.6 is 0 Å². The molecule has 2 rings (SSSR count). The quantitative estimate of drug-likeness (QED) is 0.641.